The lowest BCUT2D eigenvalue weighted by atomic mass is 9.76. The number of carbonyl (C=O) groups excluding carboxylic acids is 1. The number of amides is 1. The zero-order valence-corrected chi connectivity index (χ0v) is 11.2. The number of rotatable bonds is 5. The summed E-state index contributed by atoms with van der Waals surface area (Å²) < 4.78 is 0. The second kappa shape index (κ2) is 5.38. The summed E-state index contributed by atoms with van der Waals surface area (Å²) in [5.74, 6) is 1.06. The molecule has 0 bridgehead atoms. The first kappa shape index (κ1) is 12.9. The van der Waals surface area contributed by atoms with Gasteiger partial charge in [0.25, 0.3) is 0 Å². The quantitative estimate of drug-likeness (QED) is 0.770. The summed E-state index contributed by atoms with van der Waals surface area (Å²) in [5.41, 5.74) is -0.117. The summed E-state index contributed by atoms with van der Waals surface area (Å²) in [6, 6.07) is 0.475. The minimum absolute atomic E-state index is 0.117. The predicted octanol–water partition coefficient (Wildman–Crippen LogP) is 2.07. The molecule has 2 rings (SSSR count). The zero-order chi connectivity index (χ0) is 12.3. The van der Waals surface area contributed by atoms with Crippen LogP contribution in [-0.2, 0) is 4.79 Å². The standard InChI is InChI=1S/C14H26N2O/c1-3-6-14(7-5-8-15-10-14)13(17)16-12-9-11(12)4-2/h11-12,15H,3-10H2,1-2H3,(H,16,17). The van der Waals surface area contributed by atoms with Crippen LogP contribution in [0.5, 0.6) is 0 Å². The van der Waals surface area contributed by atoms with Crippen molar-refractivity contribution in [3.8, 4) is 0 Å². The van der Waals surface area contributed by atoms with Crippen LogP contribution < -0.4 is 10.6 Å². The second-order valence-corrected chi connectivity index (χ2v) is 5.79. The average Bonchev–Trinajstić information content (AvgIpc) is 3.09. The monoisotopic (exact) mass is 238 g/mol. The Kier molecular flexibility index (Phi) is 4.08. The van der Waals surface area contributed by atoms with Crippen LogP contribution in [-0.4, -0.2) is 25.0 Å². The van der Waals surface area contributed by atoms with E-state index in [9.17, 15) is 4.79 Å². The number of carbonyl (C=O) groups is 1. The van der Waals surface area contributed by atoms with Crippen molar-refractivity contribution in [3.05, 3.63) is 0 Å². The molecule has 3 nitrogen and oxygen atoms in total. The Morgan fingerprint density at radius 1 is 1.47 bits per heavy atom. The first-order chi connectivity index (χ1) is 8.22. The Labute approximate surface area is 105 Å². The molecule has 0 radical (unpaired) electrons. The molecular weight excluding hydrogens is 212 g/mol. The average molecular weight is 238 g/mol. The molecule has 3 unspecified atom stereocenters. The highest BCUT2D eigenvalue weighted by Gasteiger charge is 2.43. The largest absolute Gasteiger partial charge is 0.353 e. The van der Waals surface area contributed by atoms with Gasteiger partial charge in [0.1, 0.15) is 0 Å². The third-order valence-corrected chi connectivity index (χ3v) is 4.45. The van der Waals surface area contributed by atoms with Crippen molar-refractivity contribution in [2.24, 2.45) is 11.3 Å². The van der Waals surface area contributed by atoms with Crippen molar-refractivity contribution in [2.45, 2.75) is 58.4 Å². The van der Waals surface area contributed by atoms with E-state index in [1.807, 2.05) is 0 Å². The number of piperidine rings is 1. The smallest absolute Gasteiger partial charge is 0.227 e. The van der Waals surface area contributed by atoms with E-state index in [0.29, 0.717) is 11.9 Å². The van der Waals surface area contributed by atoms with Gasteiger partial charge in [0.15, 0.2) is 0 Å². The summed E-state index contributed by atoms with van der Waals surface area (Å²) in [5, 5.41) is 6.67. The third-order valence-electron chi connectivity index (χ3n) is 4.45. The van der Waals surface area contributed by atoms with Gasteiger partial charge >= 0.3 is 0 Å². The van der Waals surface area contributed by atoms with E-state index in [-0.39, 0.29) is 5.41 Å². The lowest BCUT2D eigenvalue weighted by Crippen LogP contribution is -2.51. The maximum absolute atomic E-state index is 12.5. The van der Waals surface area contributed by atoms with Crippen molar-refractivity contribution in [2.75, 3.05) is 13.1 Å². The SMILES string of the molecule is CCCC1(C(=O)NC2CC2CC)CCCNC1. The molecular formula is C14H26N2O. The molecule has 1 heterocycles. The van der Waals surface area contributed by atoms with Crippen LogP contribution in [0, 0.1) is 11.3 Å². The van der Waals surface area contributed by atoms with Gasteiger partial charge in [-0.25, -0.2) is 0 Å². The van der Waals surface area contributed by atoms with E-state index in [0.717, 1.165) is 44.7 Å². The molecule has 2 aliphatic rings. The van der Waals surface area contributed by atoms with Crippen molar-refractivity contribution < 1.29 is 4.79 Å². The molecule has 98 valence electrons. The fourth-order valence-corrected chi connectivity index (χ4v) is 3.16. The first-order valence-corrected chi connectivity index (χ1v) is 7.23. The van der Waals surface area contributed by atoms with Crippen LogP contribution >= 0.6 is 0 Å². The Morgan fingerprint density at radius 2 is 2.29 bits per heavy atom. The van der Waals surface area contributed by atoms with Gasteiger partial charge in [-0.15, -0.1) is 0 Å². The summed E-state index contributed by atoms with van der Waals surface area (Å²) >= 11 is 0. The highest BCUT2D eigenvalue weighted by Crippen LogP contribution is 2.37. The number of nitrogens with one attached hydrogen (secondary N) is 2. The Hall–Kier alpha value is -0.570. The maximum atomic E-state index is 12.5. The molecule has 0 spiro atoms. The van der Waals surface area contributed by atoms with Crippen molar-refractivity contribution >= 4 is 5.91 Å². The molecule has 0 aromatic carbocycles. The number of hydrogen-bond acceptors (Lipinski definition) is 2. The van der Waals surface area contributed by atoms with Gasteiger partial charge in [-0.05, 0) is 38.1 Å². The second-order valence-electron chi connectivity index (χ2n) is 5.79. The van der Waals surface area contributed by atoms with Crippen LogP contribution in [0.4, 0.5) is 0 Å². The molecule has 0 aromatic heterocycles. The molecule has 3 heteroatoms. The summed E-state index contributed by atoms with van der Waals surface area (Å²) in [6.45, 7) is 6.33. The van der Waals surface area contributed by atoms with Gasteiger partial charge < -0.3 is 10.6 Å². The van der Waals surface area contributed by atoms with Crippen LogP contribution in [0.3, 0.4) is 0 Å². The van der Waals surface area contributed by atoms with Crippen LogP contribution in [0.1, 0.15) is 52.4 Å². The molecule has 17 heavy (non-hydrogen) atoms. The molecule has 1 aliphatic heterocycles. The summed E-state index contributed by atoms with van der Waals surface area (Å²) in [7, 11) is 0. The highest BCUT2D eigenvalue weighted by atomic mass is 16.2. The molecule has 1 amide bonds. The van der Waals surface area contributed by atoms with Crippen molar-refractivity contribution in [1.29, 1.82) is 0 Å². The lowest BCUT2D eigenvalue weighted by molar-refractivity contribution is -0.132. The van der Waals surface area contributed by atoms with Gasteiger partial charge in [0, 0.05) is 12.6 Å². The first-order valence-electron chi connectivity index (χ1n) is 7.23. The minimum atomic E-state index is -0.117. The number of hydrogen-bond donors (Lipinski definition) is 2. The highest BCUT2D eigenvalue weighted by molar-refractivity contribution is 5.83. The van der Waals surface area contributed by atoms with E-state index in [4.69, 9.17) is 0 Å². The molecule has 1 aliphatic carbocycles. The van der Waals surface area contributed by atoms with E-state index in [2.05, 4.69) is 24.5 Å². The third kappa shape index (κ3) is 2.82. The van der Waals surface area contributed by atoms with Gasteiger partial charge in [0.2, 0.25) is 5.91 Å². The lowest BCUT2D eigenvalue weighted by Gasteiger charge is -2.36. The van der Waals surface area contributed by atoms with Gasteiger partial charge in [0.05, 0.1) is 5.41 Å². The molecule has 1 saturated heterocycles. The van der Waals surface area contributed by atoms with Crippen molar-refractivity contribution in [3.63, 3.8) is 0 Å². The molecule has 2 fully saturated rings. The maximum Gasteiger partial charge on any atom is 0.227 e. The molecule has 2 N–H and O–H groups in total. The fourth-order valence-electron chi connectivity index (χ4n) is 3.16. The molecule has 1 saturated carbocycles. The predicted molar refractivity (Wildman–Crippen MR) is 69.8 cm³/mol. The van der Waals surface area contributed by atoms with E-state index < -0.39 is 0 Å². The van der Waals surface area contributed by atoms with Crippen LogP contribution in [0.15, 0.2) is 0 Å². The van der Waals surface area contributed by atoms with E-state index >= 15 is 0 Å². The normalized spacial score (nSPS) is 36.6. The molecule has 3 atom stereocenters. The molecule has 0 aromatic rings. The Morgan fingerprint density at radius 3 is 2.82 bits per heavy atom. The van der Waals surface area contributed by atoms with Gasteiger partial charge in [-0.2, -0.15) is 0 Å². The van der Waals surface area contributed by atoms with E-state index in [1.165, 1.54) is 12.8 Å². The summed E-state index contributed by atoms with van der Waals surface area (Å²) in [6.07, 6.45) is 6.70. The minimum Gasteiger partial charge on any atom is -0.353 e. The Bertz CT molecular complexity index is 266. The van der Waals surface area contributed by atoms with Crippen LogP contribution in [0.25, 0.3) is 0 Å². The van der Waals surface area contributed by atoms with Gasteiger partial charge in [-0.1, -0.05) is 26.7 Å². The van der Waals surface area contributed by atoms with E-state index in [1.54, 1.807) is 0 Å². The fraction of sp³-hybridized carbons (Fsp3) is 0.929. The Balaban J connectivity index is 1.93. The zero-order valence-electron chi connectivity index (χ0n) is 11.2. The summed E-state index contributed by atoms with van der Waals surface area (Å²) in [4.78, 5) is 12.5. The van der Waals surface area contributed by atoms with Crippen LogP contribution in [0.2, 0.25) is 0 Å². The van der Waals surface area contributed by atoms with Gasteiger partial charge in [-0.3, -0.25) is 4.79 Å². The topological polar surface area (TPSA) is 41.1 Å². The van der Waals surface area contributed by atoms with Crippen molar-refractivity contribution in [1.82, 2.24) is 10.6 Å².